The first-order chi connectivity index (χ1) is 18.0. The van der Waals surface area contributed by atoms with Gasteiger partial charge in [0.1, 0.15) is 23.1 Å². The fourth-order valence-corrected chi connectivity index (χ4v) is 4.65. The maximum Gasteiger partial charge on any atom is 0.254 e. The molecule has 1 aliphatic rings. The van der Waals surface area contributed by atoms with E-state index in [9.17, 15) is 9.18 Å². The van der Waals surface area contributed by atoms with Gasteiger partial charge in [-0.2, -0.15) is 0 Å². The number of carbonyl (C=O) groups excluding carboxylic acids is 1. The molecule has 0 N–H and O–H groups in total. The number of carbonyl (C=O) groups is 1. The largest absolute Gasteiger partial charge is 0.497 e. The molecule has 0 spiro atoms. The summed E-state index contributed by atoms with van der Waals surface area (Å²) >= 11 is 0. The second-order valence-electron chi connectivity index (χ2n) is 8.76. The van der Waals surface area contributed by atoms with Crippen molar-refractivity contribution in [2.75, 3.05) is 52.4 Å². The van der Waals surface area contributed by atoms with Crippen LogP contribution in [0.1, 0.15) is 10.4 Å². The van der Waals surface area contributed by atoms with Crippen molar-refractivity contribution in [3.05, 3.63) is 78.1 Å². The molecular formula is C29H28FN3O4. The lowest BCUT2D eigenvalue weighted by atomic mass is 10.0. The zero-order valence-electron chi connectivity index (χ0n) is 21.0. The van der Waals surface area contributed by atoms with Crippen LogP contribution in [0.5, 0.6) is 17.2 Å². The molecule has 0 bridgehead atoms. The smallest absolute Gasteiger partial charge is 0.254 e. The molecule has 3 aromatic carbocycles. The number of aromatic nitrogens is 1. The zero-order chi connectivity index (χ0) is 25.9. The molecule has 1 fully saturated rings. The summed E-state index contributed by atoms with van der Waals surface area (Å²) in [5, 5.41) is 0.485. The van der Waals surface area contributed by atoms with Gasteiger partial charge in [0, 0.05) is 48.9 Å². The lowest BCUT2D eigenvalue weighted by molar-refractivity contribution is 0.0748. The standard InChI is InChI=1S/C29H28FN3O4/c1-35-21-7-5-20(6-8-21)32-12-14-33(15-13-32)29(34)25-18-27(31-26-11-4-19(30)16-24(25)26)23-10-9-22(36-2)17-28(23)37-3/h4-11,16-18H,12-15H2,1-3H3. The van der Waals surface area contributed by atoms with Gasteiger partial charge in [0.15, 0.2) is 0 Å². The molecular weight excluding hydrogens is 473 g/mol. The van der Waals surface area contributed by atoms with Gasteiger partial charge >= 0.3 is 0 Å². The Bertz CT molecular complexity index is 1430. The van der Waals surface area contributed by atoms with Crippen molar-refractivity contribution in [1.29, 1.82) is 0 Å². The van der Waals surface area contributed by atoms with E-state index in [0.29, 0.717) is 65.4 Å². The number of piperazine rings is 1. The fourth-order valence-electron chi connectivity index (χ4n) is 4.65. The first-order valence-electron chi connectivity index (χ1n) is 12.0. The van der Waals surface area contributed by atoms with Gasteiger partial charge in [-0.05, 0) is 60.7 Å². The van der Waals surface area contributed by atoms with Crippen LogP contribution in [0.4, 0.5) is 10.1 Å². The Balaban J connectivity index is 1.46. The topological polar surface area (TPSA) is 64.1 Å². The molecule has 1 aliphatic heterocycles. The van der Waals surface area contributed by atoms with Crippen molar-refractivity contribution in [2.24, 2.45) is 0 Å². The number of ether oxygens (including phenoxy) is 3. The normalized spacial score (nSPS) is 13.5. The molecule has 37 heavy (non-hydrogen) atoms. The number of fused-ring (bicyclic) bond motifs is 1. The molecule has 1 amide bonds. The minimum atomic E-state index is -0.414. The fraction of sp³-hybridized carbons (Fsp3) is 0.241. The number of amides is 1. The molecule has 8 heteroatoms. The molecule has 190 valence electrons. The lowest BCUT2D eigenvalue weighted by Crippen LogP contribution is -2.48. The van der Waals surface area contributed by atoms with E-state index in [2.05, 4.69) is 4.90 Å². The summed E-state index contributed by atoms with van der Waals surface area (Å²) in [5.74, 6) is 1.46. The zero-order valence-corrected chi connectivity index (χ0v) is 21.0. The second-order valence-corrected chi connectivity index (χ2v) is 8.76. The summed E-state index contributed by atoms with van der Waals surface area (Å²) in [6, 6.07) is 19.4. The molecule has 2 heterocycles. The molecule has 0 unspecified atom stereocenters. The average Bonchev–Trinajstić information content (AvgIpc) is 2.96. The monoisotopic (exact) mass is 501 g/mol. The van der Waals surface area contributed by atoms with E-state index >= 15 is 0 Å². The van der Waals surface area contributed by atoms with E-state index in [-0.39, 0.29) is 5.91 Å². The quantitative estimate of drug-likeness (QED) is 0.369. The van der Waals surface area contributed by atoms with Gasteiger partial charge in [-0.3, -0.25) is 4.79 Å². The third-order valence-corrected chi connectivity index (χ3v) is 6.69. The Hall–Kier alpha value is -4.33. The van der Waals surface area contributed by atoms with Crippen molar-refractivity contribution in [2.45, 2.75) is 0 Å². The van der Waals surface area contributed by atoms with Crippen LogP contribution in [-0.2, 0) is 0 Å². The van der Waals surface area contributed by atoms with Crippen LogP contribution < -0.4 is 19.1 Å². The maximum absolute atomic E-state index is 14.2. The van der Waals surface area contributed by atoms with Crippen molar-refractivity contribution >= 4 is 22.5 Å². The summed E-state index contributed by atoms with van der Waals surface area (Å²) in [6.07, 6.45) is 0. The number of rotatable bonds is 6. The van der Waals surface area contributed by atoms with Crippen LogP contribution in [0.2, 0.25) is 0 Å². The molecule has 4 aromatic rings. The third kappa shape index (κ3) is 4.87. The predicted octanol–water partition coefficient (Wildman–Crippen LogP) is 5.03. The highest BCUT2D eigenvalue weighted by Gasteiger charge is 2.25. The SMILES string of the molecule is COc1ccc(N2CCN(C(=O)c3cc(-c4ccc(OC)cc4OC)nc4ccc(F)cc34)CC2)cc1. The van der Waals surface area contributed by atoms with E-state index in [1.54, 1.807) is 39.5 Å². The number of hydrogen-bond acceptors (Lipinski definition) is 6. The molecule has 0 saturated carbocycles. The summed E-state index contributed by atoms with van der Waals surface area (Å²) in [4.78, 5) is 22.6. The van der Waals surface area contributed by atoms with Gasteiger partial charge in [-0.1, -0.05) is 0 Å². The van der Waals surface area contributed by atoms with E-state index in [1.165, 1.54) is 12.1 Å². The number of benzene rings is 3. The van der Waals surface area contributed by atoms with Crippen molar-refractivity contribution in [3.63, 3.8) is 0 Å². The van der Waals surface area contributed by atoms with Crippen LogP contribution >= 0.6 is 0 Å². The van der Waals surface area contributed by atoms with E-state index < -0.39 is 5.82 Å². The number of anilines is 1. The summed E-state index contributed by atoms with van der Waals surface area (Å²) in [7, 11) is 4.80. The number of pyridine rings is 1. The van der Waals surface area contributed by atoms with Gasteiger partial charge < -0.3 is 24.0 Å². The molecule has 0 aliphatic carbocycles. The Morgan fingerprint density at radius 1 is 0.811 bits per heavy atom. The number of halogens is 1. The second kappa shape index (κ2) is 10.3. The van der Waals surface area contributed by atoms with E-state index in [1.807, 2.05) is 41.3 Å². The van der Waals surface area contributed by atoms with Gasteiger partial charge in [-0.15, -0.1) is 0 Å². The molecule has 0 radical (unpaired) electrons. The predicted molar refractivity (Wildman–Crippen MR) is 141 cm³/mol. The lowest BCUT2D eigenvalue weighted by Gasteiger charge is -2.36. The first kappa shape index (κ1) is 24.4. The molecule has 5 rings (SSSR count). The maximum atomic E-state index is 14.2. The minimum Gasteiger partial charge on any atom is -0.497 e. The summed E-state index contributed by atoms with van der Waals surface area (Å²) in [5.41, 5.74) is 3.32. The molecule has 0 atom stereocenters. The first-order valence-corrected chi connectivity index (χ1v) is 12.0. The van der Waals surface area contributed by atoms with Crippen LogP contribution in [0, 0.1) is 5.82 Å². The highest BCUT2D eigenvalue weighted by atomic mass is 19.1. The minimum absolute atomic E-state index is 0.152. The highest BCUT2D eigenvalue weighted by molar-refractivity contribution is 6.07. The number of hydrogen-bond donors (Lipinski definition) is 0. The summed E-state index contributed by atoms with van der Waals surface area (Å²) < 4.78 is 30.4. The van der Waals surface area contributed by atoms with Crippen molar-refractivity contribution in [1.82, 2.24) is 9.88 Å². The van der Waals surface area contributed by atoms with Gasteiger partial charge in [-0.25, -0.2) is 9.37 Å². The Kier molecular flexibility index (Phi) is 6.81. The van der Waals surface area contributed by atoms with Crippen LogP contribution in [0.3, 0.4) is 0 Å². The highest BCUT2D eigenvalue weighted by Crippen LogP contribution is 2.35. The van der Waals surface area contributed by atoms with Crippen LogP contribution in [0.25, 0.3) is 22.2 Å². The van der Waals surface area contributed by atoms with Crippen LogP contribution in [0.15, 0.2) is 66.7 Å². The third-order valence-electron chi connectivity index (χ3n) is 6.69. The molecule has 7 nitrogen and oxygen atoms in total. The van der Waals surface area contributed by atoms with Crippen molar-refractivity contribution in [3.8, 4) is 28.5 Å². The Labute approximate surface area is 215 Å². The van der Waals surface area contributed by atoms with Gasteiger partial charge in [0.2, 0.25) is 0 Å². The number of nitrogens with zero attached hydrogens (tertiary/aromatic N) is 3. The average molecular weight is 502 g/mol. The van der Waals surface area contributed by atoms with Gasteiger partial charge in [0.05, 0.1) is 38.1 Å². The van der Waals surface area contributed by atoms with Crippen molar-refractivity contribution < 1.29 is 23.4 Å². The van der Waals surface area contributed by atoms with Crippen LogP contribution in [-0.4, -0.2) is 63.3 Å². The molecule has 1 aromatic heterocycles. The Morgan fingerprint density at radius 3 is 2.19 bits per heavy atom. The molecule has 1 saturated heterocycles. The van der Waals surface area contributed by atoms with E-state index in [4.69, 9.17) is 19.2 Å². The summed E-state index contributed by atoms with van der Waals surface area (Å²) in [6.45, 7) is 2.47. The Morgan fingerprint density at radius 2 is 1.51 bits per heavy atom. The number of methoxy groups -OCH3 is 3. The van der Waals surface area contributed by atoms with Gasteiger partial charge in [0.25, 0.3) is 5.91 Å². The van der Waals surface area contributed by atoms with E-state index in [0.717, 1.165) is 11.4 Å².